The fraction of sp³-hybridized carbons (Fsp3) is 0.320. The summed E-state index contributed by atoms with van der Waals surface area (Å²) in [7, 11) is 0. The van der Waals surface area contributed by atoms with E-state index in [2.05, 4.69) is 29.4 Å². The van der Waals surface area contributed by atoms with Crippen LogP contribution in [0.25, 0.3) is 11.3 Å². The normalized spacial score (nSPS) is 15.6. The number of benzene rings is 2. The maximum absolute atomic E-state index is 13.2. The van der Waals surface area contributed by atoms with Crippen molar-refractivity contribution >= 4 is 5.91 Å². The summed E-state index contributed by atoms with van der Waals surface area (Å²) >= 11 is 0. The largest absolute Gasteiger partial charge is 0.341 e. The summed E-state index contributed by atoms with van der Waals surface area (Å²) in [6, 6.07) is 18.6. The molecule has 1 unspecified atom stereocenters. The van der Waals surface area contributed by atoms with Gasteiger partial charge in [-0.3, -0.25) is 9.59 Å². The molecule has 31 heavy (non-hydrogen) atoms. The van der Waals surface area contributed by atoms with E-state index in [4.69, 9.17) is 0 Å². The molecule has 2 aromatic carbocycles. The average molecular weight is 420 g/mol. The standard InChI is InChI=1S/C25H26FN3O2/c1-18(29-24(30)12-11-23(27-29)21-7-9-22(26)10-8-21)25(31)28-15-13-20(14-16-28)17-19-5-3-2-4-6-19/h2-12,18,20H,13-17H2,1H3. The van der Waals surface area contributed by atoms with E-state index in [-0.39, 0.29) is 17.3 Å². The van der Waals surface area contributed by atoms with Crippen LogP contribution in [0.5, 0.6) is 0 Å². The van der Waals surface area contributed by atoms with Gasteiger partial charge < -0.3 is 4.90 Å². The first-order chi connectivity index (χ1) is 15.0. The number of carbonyl (C=O) groups is 1. The van der Waals surface area contributed by atoms with Gasteiger partial charge >= 0.3 is 0 Å². The van der Waals surface area contributed by atoms with Gasteiger partial charge in [0.05, 0.1) is 5.69 Å². The van der Waals surface area contributed by atoms with E-state index in [0.29, 0.717) is 30.3 Å². The summed E-state index contributed by atoms with van der Waals surface area (Å²) in [4.78, 5) is 27.3. The number of nitrogens with zero attached hydrogens (tertiary/aromatic N) is 3. The number of rotatable bonds is 5. The fourth-order valence-corrected chi connectivity index (χ4v) is 4.15. The summed E-state index contributed by atoms with van der Waals surface area (Å²) in [5.74, 6) is 0.129. The van der Waals surface area contributed by atoms with Crippen molar-refractivity contribution in [3.63, 3.8) is 0 Å². The Balaban J connectivity index is 1.43. The Bertz CT molecular complexity index is 1090. The van der Waals surface area contributed by atoms with Crippen LogP contribution in [0, 0.1) is 11.7 Å². The van der Waals surface area contributed by atoms with Crippen molar-refractivity contribution in [3.05, 3.63) is 88.5 Å². The third-order valence-electron chi connectivity index (χ3n) is 5.98. The predicted octanol–water partition coefficient (Wildman–Crippen LogP) is 4.09. The Morgan fingerprint density at radius 3 is 2.39 bits per heavy atom. The van der Waals surface area contributed by atoms with Crippen molar-refractivity contribution in [2.45, 2.75) is 32.2 Å². The molecule has 1 fully saturated rings. The monoisotopic (exact) mass is 419 g/mol. The molecule has 0 N–H and O–H groups in total. The highest BCUT2D eigenvalue weighted by atomic mass is 19.1. The van der Waals surface area contributed by atoms with Crippen LogP contribution < -0.4 is 5.56 Å². The van der Waals surface area contributed by atoms with Crippen LogP contribution in [-0.2, 0) is 11.2 Å². The minimum atomic E-state index is -0.696. The van der Waals surface area contributed by atoms with Crippen LogP contribution in [0.2, 0.25) is 0 Å². The summed E-state index contributed by atoms with van der Waals surface area (Å²) in [5, 5.41) is 4.39. The smallest absolute Gasteiger partial charge is 0.267 e. The van der Waals surface area contributed by atoms with Crippen molar-refractivity contribution in [2.75, 3.05) is 13.1 Å². The molecular weight excluding hydrogens is 393 g/mol. The third-order valence-corrected chi connectivity index (χ3v) is 5.98. The van der Waals surface area contributed by atoms with E-state index in [1.807, 2.05) is 11.0 Å². The zero-order valence-electron chi connectivity index (χ0n) is 17.6. The lowest BCUT2D eigenvalue weighted by Crippen LogP contribution is -2.44. The SMILES string of the molecule is CC(C(=O)N1CCC(Cc2ccccc2)CC1)n1nc(-c2ccc(F)cc2)ccc1=O. The highest BCUT2D eigenvalue weighted by molar-refractivity contribution is 5.80. The number of likely N-dealkylation sites (tertiary alicyclic amines) is 1. The van der Waals surface area contributed by atoms with Crippen LogP contribution in [0.15, 0.2) is 71.5 Å². The van der Waals surface area contributed by atoms with Crippen molar-refractivity contribution in [1.29, 1.82) is 0 Å². The first-order valence-electron chi connectivity index (χ1n) is 10.7. The van der Waals surface area contributed by atoms with Crippen molar-refractivity contribution in [1.82, 2.24) is 14.7 Å². The number of hydrogen-bond acceptors (Lipinski definition) is 3. The van der Waals surface area contributed by atoms with Gasteiger partial charge in [0, 0.05) is 24.7 Å². The van der Waals surface area contributed by atoms with Crippen LogP contribution in [0.4, 0.5) is 4.39 Å². The Labute approximate surface area is 181 Å². The second-order valence-electron chi connectivity index (χ2n) is 8.14. The highest BCUT2D eigenvalue weighted by Gasteiger charge is 2.28. The summed E-state index contributed by atoms with van der Waals surface area (Å²) in [6.07, 6.45) is 2.93. The van der Waals surface area contributed by atoms with Gasteiger partial charge in [-0.05, 0) is 68.0 Å². The second kappa shape index (κ2) is 9.25. The summed E-state index contributed by atoms with van der Waals surface area (Å²) < 4.78 is 14.4. The van der Waals surface area contributed by atoms with Crippen molar-refractivity contribution in [2.24, 2.45) is 5.92 Å². The average Bonchev–Trinajstić information content (AvgIpc) is 2.80. The van der Waals surface area contributed by atoms with Gasteiger partial charge in [0.1, 0.15) is 11.9 Å². The second-order valence-corrected chi connectivity index (χ2v) is 8.14. The molecule has 2 heterocycles. The minimum absolute atomic E-state index is 0.0935. The van der Waals surface area contributed by atoms with Gasteiger partial charge in [-0.1, -0.05) is 30.3 Å². The van der Waals surface area contributed by atoms with Gasteiger partial charge in [-0.15, -0.1) is 0 Å². The molecule has 0 bridgehead atoms. The molecule has 1 saturated heterocycles. The van der Waals surface area contributed by atoms with Crippen LogP contribution >= 0.6 is 0 Å². The third kappa shape index (κ3) is 4.90. The molecule has 6 heteroatoms. The maximum atomic E-state index is 13.2. The molecule has 1 aliphatic heterocycles. The molecule has 160 valence electrons. The molecule has 0 radical (unpaired) electrons. The maximum Gasteiger partial charge on any atom is 0.267 e. The van der Waals surface area contributed by atoms with Gasteiger partial charge in [0.15, 0.2) is 0 Å². The summed E-state index contributed by atoms with van der Waals surface area (Å²) in [6.45, 7) is 3.08. The van der Waals surface area contributed by atoms with Gasteiger partial charge in [-0.2, -0.15) is 5.10 Å². The Hall–Kier alpha value is -3.28. The highest BCUT2D eigenvalue weighted by Crippen LogP contribution is 2.23. The molecule has 1 amide bonds. The fourth-order valence-electron chi connectivity index (χ4n) is 4.15. The quantitative estimate of drug-likeness (QED) is 0.626. The molecular formula is C25H26FN3O2. The van der Waals surface area contributed by atoms with E-state index < -0.39 is 6.04 Å². The van der Waals surface area contributed by atoms with Gasteiger partial charge in [-0.25, -0.2) is 9.07 Å². The molecule has 0 spiro atoms. The minimum Gasteiger partial charge on any atom is -0.341 e. The van der Waals surface area contributed by atoms with Crippen LogP contribution in [0.3, 0.4) is 0 Å². The predicted molar refractivity (Wildman–Crippen MR) is 118 cm³/mol. The van der Waals surface area contributed by atoms with Crippen LogP contribution in [0.1, 0.15) is 31.4 Å². The lowest BCUT2D eigenvalue weighted by molar-refractivity contribution is -0.136. The Morgan fingerprint density at radius 1 is 1.03 bits per heavy atom. The molecule has 4 rings (SSSR count). The van der Waals surface area contributed by atoms with E-state index in [1.165, 1.54) is 28.4 Å². The zero-order chi connectivity index (χ0) is 21.8. The molecule has 0 aliphatic carbocycles. The molecule has 0 saturated carbocycles. The number of halogens is 1. The van der Waals surface area contributed by atoms with Crippen LogP contribution in [-0.4, -0.2) is 33.7 Å². The van der Waals surface area contributed by atoms with E-state index in [9.17, 15) is 14.0 Å². The van der Waals surface area contributed by atoms with E-state index in [0.717, 1.165) is 19.3 Å². The first-order valence-corrected chi connectivity index (χ1v) is 10.7. The molecule has 3 aromatic rings. The lowest BCUT2D eigenvalue weighted by Gasteiger charge is -2.33. The summed E-state index contributed by atoms with van der Waals surface area (Å²) in [5.41, 5.74) is 2.22. The Morgan fingerprint density at radius 2 is 1.71 bits per heavy atom. The number of aromatic nitrogens is 2. The lowest BCUT2D eigenvalue weighted by atomic mass is 9.90. The molecule has 1 aromatic heterocycles. The first kappa shape index (κ1) is 21.0. The number of carbonyl (C=O) groups excluding carboxylic acids is 1. The van der Waals surface area contributed by atoms with Crippen molar-refractivity contribution in [3.8, 4) is 11.3 Å². The molecule has 5 nitrogen and oxygen atoms in total. The number of hydrogen-bond donors (Lipinski definition) is 0. The van der Waals surface area contributed by atoms with E-state index in [1.54, 1.807) is 25.1 Å². The number of amides is 1. The zero-order valence-corrected chi connectivity index (χ0v) is 17.6. The number of piperidine rings is 1. The molecule has 1 atom stereocenters. The van der Waals surface area contributed by atoms with Crippen molar-refractivity contribution < 1.29 is 9.18 Å². The van der Waals surface area contributed by atoms with Gasteiger partial charge in [0.25, 0.3) is 5.56 Å². The Kier molecular flexibility index (Phi) is 6.26. The van der Waals surface area contributed by atoms with Gasteiger partial charge in [0.2, 0.25) is 5.91 Å². The molecule has 1 aliphatic rings. The topological polar surface area (TPSA) is 55.2 Å². The van der Waals surface area contributed by atoms with E-state index >= 15 is 0 Å².